The molecular formula is C13H20N2O3. The predicted molar refractivity (Wildman–Crippen MR) is 70.0 cm³/mol. The largest absolute Gasteiger partial charge is 0.476 e. The van der Waals surface area contributed by atoms with Gasteiger partial charge in [0.1, 0.15) is 0 Å². The summed E-state index contributed by atoms with van der Waals surface area (Å²) in [5, 5.41) is 12.0. The number of rotatable bonds is 8. The van der Waals surface area contributed by atoms with Crippen molar-refractivity contribution in [1.82, 2.24) is 4.98 Å². The van der Waals surface area contributed by atoms with E-state index in [1.54, 1.807) is 12.1 Å². The number of pyridine rings is 1. The number of nitrogens with one attached hydrogen (secondary N) is 1. The van der Waals surface area contributed by atoms with E-state index in [0.29, 0.717) is 12.2 Å². The lowest BCUT2D eigenvalue weighted by Crippen LogP contribution is -2.10. The summed E-state index contributed by atoms with van der Waals surface area (Å²) in [4.78, 5) is 14.7. The predicted octanol–water partition coefficient (Wildman–Crippen LogP) is 2.40. The van der Waals surface area contributed by atoms with Crippen LogP contribution in [0, 0.1) is 0 Å². The van der Waals surface area contributed by atoms with E-state index in [1.807, 2.05) is 13.8 Å². The molecule has 0 unspecified atom stereocenters. The smallest absolute Gasteiger partial charge is 0.356 e. The maximum absolute atomic E-state index is 10.9. The van der Waals surface area contributed by atoms with Gasteiger partial charge in [0.05, 0.1) is 11.8 Å². The zero-order valence-electron chi connectivity index (χ0n) is 10.8. The van der Waals surface area contributed by atoms with Crippen LogP contribution in [0.5, 0.6) is 0 Å². The van der Waals surface area contributed by atoms with Gasteiger partial charge < -0.3 is 15.2 Å². The molecule has 0 saturated carbocycles. The third-order valence-electron chi connectivity index (χ3n) is 2.35. The fraction of sp³-hybridized carbons (Fsp3) is 0.538. The maximum Gasteiger partial charge on any atom is 0.356 e. The summed E-state index contributed by atoms with van der Waals surface area (Å²) in [6.07, 6.45) is 3.62. The van der Waals surface area contributed by atoms with Gasteiger partial charge >= 0.3 is 5.97 Å². The highest BCUT2D eigenvalue weighted by atomic mass is 16.5. The summed E-state index contributed by atoms with van der Waals surface area (Å²) < 4.78 is 5.42. The number of nitrogens with zero attached hydrogens (tertiary/aromatic N) is 1. The normalized spacial score (nSPS) is 10.6. The third kappa shape index (κ3) is 5.14. The first-order valence-electron chi connectivity index (χ1n) is 6.15. The van der Waals surface area contributed by atoms with Gasteiger partial charge in [-0.05, 0) is 38.8 Å². The average Bonchev–Trinajstić information content (AvgIpc) is 2.33. The van der Waals surface area contributed by atoms with E-state index in [4.69, 9.17) is 9.84 Å². The Balaban J connectivity index is 2.29. The summed E-state index contributed by atoms with van der Waals surface area (Å²) in [6.45, 7) is 5.46. The molecule has 0 amide bonds. The van der Waals surface area contributed by atoms with Gasteiger partial charge in [-0.25, -0.2) is 9.78 Å². The van der Waals surface area contributed by atoms with Gasteiger partial charge in [0.2, 0.25) is 0 Å². The lowest BCUT2D eigenvalue weighted by atomic mass is 10.2. The molecule has 5 nitrogen and oxygen atoms in total. The summed E-state index contributed by atoms with van der Waals surface area (Å²) in [5.41, 5.74) is 0.630. The minimum absolute atomic E-state index is 0.0657. The molecule has 0 radical (unpaired) electrons. The first kappa shape index (κ1) is 14.4. The summed E-state index contributed by atoms with van der Waals surface area (Å²) in [5.74, 6) is -1.01. The highest BCUT2D eigenvalue weighted by Crippen LogP contribution is 2.11. The molecule has 1 heterocycles. The fourth-order valence-corrected chi connectivity index (χ4v) is 1.49. The fourth-order valence-electron chi connectivity index (χ4n) is 1.49. The van der Waals surface area contributed by atoms with Crippen LogP contribution in [-0.4, -0.2) is 35.3 Å². The number of aromatic carboxylic acids is 1. The minimum atomic E-state index is -1.01. The number of hydrogen-bond acceptors (Lipinski definition) is 4. The van der Waals surface area contributed by atoms with Crippen LogP contribution in [0.4, 0.5) is 5.69 Å². The van der Waals surface area contributed by atoms with Gasteiger partial charge in [0.15, 0.2) is 5.69 Å². The van der Waals surface area contributed by atoms with Gasteiger partial charge in [-0.2, -0.15) is 0 Å². The lowest BCUT2D eigenvalue weighted by Gasteiger charge is -2.09. The second-order valence-corrected chi connectivity index (χ2v) is 4.26. The molecule has 0 bridgehead atoms. The molecule has 0 saturated heterocycles. The molecule has 1 aromatic heterocycles. The Hall–Kier alpha value is -1.62. The lowest BCUT2D eigenvalue weighted by molar-refractivity contribution is 0.0691. The molecule has 1 aromatic rings. The Morgan fingerprint density at radius 3 is 2.94 bits per heavy atom. The molecule has 0 aliphatic carbocycles. The molecule has 0 aliphatic rings. The maximum atomic E-state index is 10.9. The standard InChI is InChI=1S/C13H20N2O3/c1-10(2)18-9-4-3-7-14-11-6-5-8-15-12(11)13(16)17/h5-6,8,10,14H,3-4,7,9H2,1-2H3,(H,16,17). The van der Waals surface area contributed by atoms with Crippen molar-refractivity contribution in [3.05, 3.63) is 24.0 Å². The van der Waals surface area contributed by atoms with Crippen LogP contribution in [0.3, 0.4) is 0 Å². The third-order valence-corrected chi connectivity index (χ3v) is 2.35. The molecule has 0 spiro atoms. The SMILES string of the molecule is CC(C)OCCCCNc1cccnc1C(=O)O. The molecule has 1 rings (SSSR count). The van der Waals surface area contributed by atoms with E-state index in [0.717, 1.165) is 19.4 Å². The van der Waals surface area contributed by atoms with Gasteiger partial charge in [0, 0.05) is 19.3 Å². The van der Waals surface area contributed by atoms with Crippen molar-refractivity contribution in [2.24, 2.45) is 0 Å². The van der Waals surface area contributed by atoms with Crippen LogP contribution in [-0.2, 0) is 4.74 Å². The Morgan fingerprint density at radius 2 is 2.28 bits per heavy atom. The van der Waals surface area contributed by atoms with Crippen LogP contribution >= 0.6 is 0 Å². The van der Waals surface area contributed by atoms with Crippen LogP contribution in [0.2, 0.25) is 0 Å². The molecule has 0 aromatic carbocycles. The molecule has 0 atom stereocenters. The number of ether oxygens (including phenoxy) is 1. The summed E-state index contributed by atoms with van der Waals surface area (Å²) >= 11 is 0. The summed E-state index contributed by atoms with van der Waals surface area (Å²) in [7, 11) is 0. The topological polar surface area (TPSA) is 71.5 Å². The zero-order chi connectivity index (χ0) is 13.4. The Morgan fingerprint density at radius 1 is 1.50 bits per heavy atom. The summed E-state index contributed by atoms with van der Waals surface area (Å²) in [6, 6.07) is 3.44. The van der Waals surface area contributed by atoms with E-state index in [9.17, 15) is 4.79 Å². The molecule has 100 valence electrons. The second kappa shape index (κ2) is 7.66. The number of hydrogen-bond donors (Lipinski definition) is 2. The Bertz CT molecular complexity index is 380. The molecular weight excluding hydrogens is 232 g/mol. The van der Waals surface area contributed by atoms with Crippen LogP contribution < -0.4 is 5.32 Å². The van der Waals surface area contributed by atoms with E-state index >= 15 is 0 Å². The van der Waals surface area contributed by atoms with Gasteiger partial charge in [-0.1, -0.05) is 0 Å². The van der Waals surface area contributed by atoms with Crippen molar-refractivity contribution < 1.29 is 14.6 Å². The molecule has 0 aliphatic heterocycles. The van der Waals surface area contributed by atoms with Crippen molar-refractivity contribution >= 4 is 11.7 Å². The van der Waals surface area contributed by atoms with E-state index in [1.165, 1.54) is 6.20 Å². The van der Waals surface area contributed by atoms with Crippen LogP contribution in [0.25, 0.3) is 0 Å². The van der Waals surface area contributed by atoms with E-state index in [-0.39, 0.29) is 11.8 Å². The van der Waals surface area contributed by atoms with Gasteiger partial charge in [0.25, 0.3) is 0 Å². The van der Waals surface area contributed by atoms with Crippen LogP contribution in [0.1, 0.15) is 37.2 Å². The quantitative estimate of drug-likeness (QED) is 0.695. The van der Waals surface area contributed by atoms with Crippen molar-refractivity contribution in [1.29, 1.82) is 0 Å². The van der Waals surface area contributed by atoms with Crippen molar-refractivity contribution in [2.75, 3.05) is 18.5 Å². The average molecular weight is 252 g/mol. The van der Waals surface area contributed by atoms with E-state index < -0.39 is 5.97 Å². The first-order valence-corrected chi connectivity index (χ1v) is 6.15. The number of aromatic nitrogens is 1. The Labute approximate surface area is 107 Å². The number of carbonyl (C=O) groups is 1. The van der Waals surface area contributed by atoms with Crippen molar-refractivity contribution in [2.45, 2.75) is 32.8 Å². The monoisotopic (exact) mass is 252 g/mol. The van der Waals surface area contributed by atoms with Gasteiger partial charge in [-0.15, -0.1) is 0 Å². The highest BCUT2D eigenvalue weighted by Gasteiger charge is 2.09. The highest BCUT2D eigenvalue weighted by molar-refractivity contribution is 5.91. The first-order chi connectivity index (χ1) is 8.61. The van der Waals surface area contributed by atoms with Crippen molar-refractivity contribution in [3.63, 3.8) is 0 Å². The van der Waals surface area contributed by atoms with Crippen molar-refractivity contribution in [3.8, 4) is 0 Å². The Kier molecular flexibility index (Phi) is 6.14. The molecule has 5 heteroatoms. The van der Waals surface area contributed by atoms with E-state index in [2.05, 4.69) is 10.3 Å². The number of unbranched alkanes of at least 4 members (excludes halogenated alkanes) is 1. The number of anilines is 1. The molecule has 0 fully saturated rings. The number of carboxylic acids is 1. The minimum Gasteiger partial charge on any atom is -0.476 e. The molecule has 2 N–H and O–H groups in total. The second-order valence-electron chi connectivity index (χ2n) is 4.26. The van der Waals surface area contributed by atoms with Crippen LogP contribution in [0.15, 0.2) is 18.3 Å². The zero-order valence-corrected chi connectivity index (χ0v) is 10.8. The molecule has 18 heavy (non-hydrogen) atoms. The van der Waals surface area contributed by atoms with Gasteiger partial charge in [-0.3, -0.25) is 0 Å². The number of carboxylic acid groups (broad SMARTS) is 1.